The first-order valence-electron chi connectivity index (χ1n) is 4.78. The highest BCUT2D eigenvalue weighted by Gasteiger charge is 2.03. The zero-order valence-electron chi connectivity index (χ0n) is 8.63. The fourth-order valence-corrected chi connectivity index (χ4v) is 1.37. The third kappa shape index (κ3) is 2.78. The van der Waals surface area contributed by atoms with Crippen LogP contribution in [-0.2, 0) is 0 Å². The summed E-state index contributed by atoms with van der Waals surface area (Å²) in [4.78, 5) is 14.1. The largest absolute Gasteiger partial charge is 0.512 e. The lowest BCUT2D eigenvalue weighted by atomic mass is 10.1. The second kappa shape index (κ2) is 4.61. The Hall–Kier alpha value is -2.43. The molecule has 0 aliphatic heterocycles. The van der Waals surface area contributed by atoms with E-state index in [4.69, 9.17) is 5.11 Å². The molecule has 0 aliphatic carbocycles. The van der Waals surface area contributed by atoms with E-state index in [1.807, 2.05) is 0 Å². The lowest BCUT2D eigenvalue weighted by molar-refractivity contribution is 0.142. The summed E-state index contributed by atoms with van der Waals surface area (Å²) in [7, 11) is 0. The lowest BCUT2D eigenvalue weighted by Crippen LogP contribution is -2.04. The van der Waals surface area contributed by atoms with Gasteiger partial charge in [0.1, 0.15) is 5.82 Å². The summed E-state index contributed by atoms with van der Waals surface area (Å²) < 4.78 is 17.3. The predicted octanol–water partition coefficient (Wildman–Crippen LogP) is 2.94. The van der Waals surface area contributed by atoms with Crippen molar-refractivity contribution in [3.05, 3.63) is 48.4 Å². The van der Waals surface area contributed by atoms with Crippen molar-refractivity contribution in [1.29, 1.82) is 0 Å². The standard InChI is InChI=1S/C12H8FNO3/c13-10-3-1-2-8(6-10)9-4-5-11(14-7-9)17-12(15)16/h1-7H,(H,15,16). The van der Waals surface area contributed by atoms with Gasteiger partial charge in [-0.1, -0.05) is 12.1 Å². The molecule has 0 saturated heterocycles. The van der Waals surface area contributed by atoms with Gasteiger partial charge in [0.2, 0.25) is 5.88 Å². The monoisotopic (exact) mass is 233 g/mol. The second-order valence-electron chi connectivity index (χ2n) is 3.26. The molecule has 0 atom stereocenters. The van der Waals surface area contributed by atoms with Gasteiger partial charge >= 0.3 is 6.16 Å². The van der Waals surface area contributed by atoms with Gasteiger partial charge < -0.3 is 9.84 Å². The van der Waals surface area contributed by atoms with E-state index in [0.29, 0.717) is 11.1 Å². The van der Waals surface area contributed by atoms with E-state index in [1.54, 1.807) is 18.2 Å². The van der Waals surface area contributed by atoms with E-state index < -0.39 is 6.16 Å². The molecule has 1 aromatic heterocycles. The average molecular weight is 233 g/mol. The van der Waals surface area contributed by atoms with Crippen molar-refractivity contribution in [2.24, 2.45) is 0 Å². The molecular formula is C12H8FNO3. The minimum absolute atomic E-state index is 0.0161. The maximum absolute atomic E-state index is 13.0. The van der Waals surface area contributed by atoms with Gasteiger partial charge in [-0.05, 0) is 23.8 Å². The Morgan fingerprint density at radius 3 is 2.65 bits per heavy atom. The van der Waals surface area contributed by atoms with Gasteiger partial charge in [-0.3, -0.25) is 0 Å². The number of hydrogen-bond acceptors (Lipinski definition) is 3. The van der Waals surface area contributed by atoms with Gasteiger partial charge in [-0.15, -0.1) is 0 Å². The average Bonchev–Trinajstić information content (AvgIpc) is 2.29. The molecule has 1 aromatic carbocycles. The maximum atomic E-state index is 13.0. The fraction of sp³-hybridized carbons (Fsp3) is 0. The van der Waals surface area contributed by atoms with Crippen LogP contribution < -0.4 is 4.74 Å². The molecular weight excluding hydrogens is 225 g/mol. The van der Waals surface area contributed by atoms with E-state index in [0.717, 1.165) is 0 Å². The number of aromatic nitrogens is 1. The van der Waals surface area contributed by atoms with Crippen molar-refractivity contribution in [1.82, 2.24) is 4.98 Å². The lowest BCUT2D eigenvalue weighted by Gasteiger charge is -2.02. The topological polar surface area (TPSA) is 59.4 Å². The van der Waals surface area contributed by atoms with Crippen LogP contribution in [0.4, 0.5) is 9.18 Å². The Balaban J connectivity index is 2.26. The Morgan fingerprint density at radius 1 is 1.24 bits per heavy atom. The molecule has 0 saturated carbocycles. The Bertz CT molecular complexity index is 540. The van der Waals surface area contributed by atoms with Gasteiger partial charge in [0.05, 0.1) is 0 Å². The van der Waals surface area contributed by atoms with Crippen molar-refractivity contribution in [3.63, 3.8) is 0 Å². The third-order valence-electron chi connectivity index (χ3n) is 2.09. The Labute approximate surface area is 96.3 Å². The summed E-state index contributed by atoms with van der Waals surface area (Å²) in [6.45, 7) is 0. The molecule has 2 aromatic rings. The Kier molecular flexibility index (Phi) is 3.00. The molecule has 0 radical (unpaired) electrons. The normalized spacial score (nSPS) is 9.94. The van der Waals surface area contributed by atoms with E-state index >= 15 is 0 Å². The van der Waals surface area contributed by atoms with Gasteiger partial charge in [0.25, 0.3) is 0 Å². The van der Waals surface area contributed by atoms with Crippen LogP contribution in [0, 0.1) is 5.82 Å². The van der Waals surface area contributed by atoms with Crippen molar-refractivity contribution < 1.29 is 19.0 Å². The van der Waals surface area contributed by atoms with Gasteiger partial charge in [-0.25, -0.2) is 14.2 Å². The molecule has 5 heteroatoms. The number of hydrogen-bond donors (Lipinski definition) is 1. The molecule has 1 heterocycles. The molecule has 0 spiro atoms. The van der Waals surface area contributed by atoms with Crippen LogP contribution >= 0.6 is 0 Å². The number of rotatable bonds is 2. The van der Waals surface area contributed by atoms with Crippen LogP contribution in [-0.4, -0.2) is 16.2 Å². The first kappa shape index (κ1) is 11.1. The molecule has 0 amide bonds. The van der Waals surface area contributed by atoms with Crippen LogP contribution in [0.1, 0.15) is 0 Å². The molecule has 0 fully saturated rings. The molecule has 1 N–H and O–H groups in total. The van der Waals surface area contributed by atoms with Gasteiger partial charge in [0.15, 0.2) is 0 Å². The van der Waals surface area contributed by atoms with E-state index in [9.17, 15) is 9.18 Å². The smallest absolute Gasteiger partial charge is 0.449 e. The van der Waals surface area contributed by atoms with Crippen molar-refractivity contribution in [2.45, 2.75) is 0 Å². The summed E-state index contributed by atoms with van der Waals surface area (Å²) >= 11 is 0. The van der Waals surface area contributed by atoms with Crippen LogP contribution in [0.15, 0.2) is 42.6 Å². The molecule has 4 nitrogen and oxygen atoms in total. The van der Waals surface area contributed by atoms with Crippen LogP contribution in [0.5, 0.6) is 5.88 Å². The number of ether oxygens (including phenoxy) is 1. The second-order valence-corrected chi connectivity index (χ2v) is 3.26. The van der Waals surface area contributed by atoms with E-state index in [2.05, 4.69) is 9.72 Å². The minimum Gasteiger partial charge on any atom is -0.449 e. The molecule has 0 unspecified atom stereocenters. The zero-order chi connectivity index (χ0) is 12.3. The number of pyridine rings is 1. The van der Waals surface area contributed by atoms with E-state index in [1.165, 1.54) is 24.4 Å². The fourth-order valence-electron chi connectivity index (χ4n) is 1.37. The highest BCUT2D eigenvalue weighted by molar-refractivity contribution is 5.64. The molecule has 86 valence electrons. The van der Waals surface area contributed by atoms with E-state index in [-0.39, 0.29) is 11.7 Å². The predicted molar refractivity (Wildman–Crippen MR) is 58.3 cm³/mol. The Morgan fingerprint density at radius 2 is 2.06 bits per heavy atom. The maximum Gasteiger partial charge on any atom is 0.512 e. The number of carbonyl (C=O) groups is 1. The highest BCUT2D eigenvalue weighted by Crippen LogP contribution is 2.20. The summed E-state index contributed by atoms with van der Waals surface area (Å²) in [5.41, 5.74) is 1.35. The third-order valence-corrected chi connectivity index (χ3v) is 2.09. The summed E-state index contributed by atoms with van der Waals surface area (Å²) in [6, 6.07) is 9.06. The molecule has 2 rings (SSSR count). The SMILES string of the molecule is O=C(O)Oc1ccc(-c2cccc(F)c2)cn1. The van der Waals surface area contributed by atoms with Crippen LogP contribution in [0.2, 0.25) is 0 Å². The van der Waals surface area contributed by atoms with Crippen LogP contribution in [0.25, 0.3) is 11.1 Å². The summed E-state index contributed by atoms with van der Waals surface area (Å²) in [5.74, 6) is -0.356. The van der Waals surface area contributed by atoms with Crippen molar-refractivity contribution in [3.8, 4) is 17.0 Å². The van der Waals surface area contributed by atoms with Crippen LogP contribution in [0.3, 0.4) is 0 Å². The molecule has 17 heavy (non-hydrogen) atoms. The summed E-state index contributed by atoms with van der Waals surface area (Å²) in [5, 5.41) is 8.38. The number of halogens is 1. The number of carboxylic acid groups (broad SMARTS) is 1. The molecule has 0 aliphatic rings. The summed E-state index contributed by atoms with van der Waals surface area (Å²) in [6.07, 6.45) is 0.00329. The number of nitrogens with zero attached hydrogens (tertiary/aromatic N) is 1. The first-order valence-corrected chi connectivity index (χ1v) is 4.78. The first-order chi connectivity index (χ1) is 8.15. The van der Waals surface area contributed by atoms with Gasteiger partial charge in [-0.2, -0.15) is 0 Å². The quantitative estimate of drug-likeness (QED) is 0.810. The van der Waals surface area contributed by atoms with Crippen molar-refractivity contribution in [2.75, 3.05) is 0 Å². The van der Waals surface area contributed by atoms with Crippen molar-refractivity contribution >= 4 is 6.16 Å². The highest BCUT2D eigenvalue weighted by atomic mass is 19.1. The number of benzene rings is 1. The van der Waals surface area contributed by atoms with Gasteiger partial charge in [0, 0.05) is 17.8 Å². The minimum atomic E-state index is -1.42. The molecule has 0 bridgehead atoms. The zero-order valence-corrected chi connectivity index (χ0v) is 8.63.